The van der Waals surface area contributed by atoms with Crippen LogP contribution in [0.4, 0.5) is 5.95 Å². The van der Waals surface area contributed by atoms with Gasteiger partial charge in [0, 0.05) is 18.5 Å². The molecule has 3 aromatic carbocycles. The largest absolute Gasteiger partial charge is 0.497 e. The minimum Gasteiger partial charge on any atom is -0.497 e. The van der Waals surface area contributed by atoms with Gasteiger partial charge in [-0.2, -0.15) is 9.67 Å². The number of ether oxygens (including phenoxy) is 1. The Balaban J connectivity index is 1.57. The van der Waals surface area contributed by atoms with Gasteiger partial charge in [-0.15, -0.1) is 5.10 Å². The standard InChI is InChI=1S/C25H24N4O2/c1-31-22-15-13-21(14-16-22)24-27-25(26-18-20-10-6-3-7-11-20)29(28-24)23(30)17-12-19-8-4-2-5-9-19/h2-11,13-16H,12,17-18H2,1H3,(H,26,27,28). The third-order valence-corrected chi connectivity index (χ3v) is 4.96. The lowest BCUT2D eigenvalue weighted by Gasteiger charge is -2.07. The second-order valence-electron chi connectivity index (χ2n) is 7.12. The molecule has 0 aliphatic rings. The Bertz CT molecular complexity index is 1120. The monoisotopic (exact) mass is 412 g/mol. The maximum absolute atomic E-state index is 13.0. The van der Waals surface area contributed by atoms with Gasteiger partial charge in [0.2, 0.25) is 11.9 Å². The number of hydrogen-bond acceptors (Lipinski definition) is 5. The quantitative estimate of drug-likeness (QED) is 0.449. The Morgan fingerprint density at radius 3 is 2.19 bits per heavy atom. The minimum atomic E-state index is -0.105. The molecule has 0 saturated carbocycles. The number of benzene rings is 3. The molecular formula is C25H24N4O2. The summed E-state index contributed by atoms with van der Waals surface area (Å²) in [6, 6.07) is 27.4. The normalized spacial score (nSPS) is 10.6. The lowest BCUT2D eigenvalue weighted by atomic mass is 10.1. The summed E-state index contributed by atoms with van der Waals surface area (Å²) in [5.41, 5.74) is 3.03. The van der Waals surface area contributed by atoms with Gasteiger partial charge in [-0.05, 0) is 41.8 Å². The third-order valence-electron chi connectivity index (χ3n) is 4.96. The summed E-state index contributed by atoms with van der Waals surface area (Å²) in [7, 11) is 1.62. The maximum Gasteiger partial charge on any atom is 0.250 e. The molecule has 0 amide bonds. The second-order valence-corrected chi connectivity index (χ2v) is 7.12. The van der Waals surface area contributed by atoms with E-state index in [0.717, 1.165) is 22.4 Å². The van der Waals surface area contributed by atoms with Crippen LogP contribution in [0.2, 0.25) is 0 Å². The first-order valence-corrected chi connectivity index (χ1v) is 10.2. The summed E-state index contributed by atoms with van der Waals surface area (Å²) in [5, 5.41) is 7.78. The van der Waals surface area contributed by atoms with Crippen molar-refractivity contribution in [3.8, 4) is 17.1 Å². The molecule has 0 bridgehead atoms. The number of rotatable bonds is 8. The van der Waals surface area contributed by atoms with Crippen LogP contribution in [0.1, 0.15) is 22.3 Å². The SMILES string of the molecule is COc1ccc(-c2nc(NCc3ccccc3)n(C(=O)CCc3ccccc3)n2)cc1. The van der Waals surface area contributed by atoms with Crippen LogP contribution in [0.5, 0.6) is 5.75 Å². The average molecular weight is 412 g/mol. The fraction of sp³-hybridized carbons (Fsp3) is 0.160. The molecule has 31 heavy (non-hydrogen) atoms. The van der Waals surface area contributed by atoms with E-state index in [4.69, 9.17) is 4.74 Å². The van der Waals surface area contributed by atoms with E-state index in [1.165, 1.54) is 4.68 Å². The molecule has 0 radical (unpaired) electrons. The number of aromatic nitrogens is 3. The van der Waals surface area contributed by atoms with Crippen LogP contribution in [0.15, 0.2) is 84.9 Å². The Labute approximate surface area is 181 Å². The van der Waals surface area contributed by atoms with Crippen LogP contribution in [-0.4, -0.2) is 27.8 Å². The smallest absolute Gasteiger partial charge is 0.250 e. The van der Waals surface area contributed by atoms with E-state index in [9.17, 15) is 4.79 Å². The van der Waals surface area contributed by atoms with E-state index in [-0.39, 0.29) is 5.91 Å². The molecular weight excluding hydrogens is 388 g/mol. The first-order chi connectivity index (χ1) is 15.2. The van der Waals surface area contributed by atoms with E-state index in [1.807, 2.05) is 84.9 Å². The third kappa shape index (κ3) is 5.17. The topological polar surface area (TPSA) is 69.0 Å². The molecule has 4 aromatic rings. The highest BCUT2D eigenvalue weighted by atomic mass is 16.5. The van der Waals surface area contributed by atoms with E-state index in [0.29, 0.717) is 31.2 Å². The molecule has 0 aliphatic heterocycles. The number of carbonyl (C=O) groups is 1. The van der Waals surface area contributed by atoms with E-state index >= 15 is 0 Å². The van der Waals surface area contributed by atoms with Gasteiger partial charge in [-0.25, -0.2) is 0 Å². The number of methoxy groups -OCH3 is 1. The van der Waals surface area contributed by atoms with Crippen LogP contribution in [-0.2, 0) is 13.0 Å². The Kier molecular flexibility index (Phi) is 6.38. The van der Waals surface area contributed by atoms with Crippen molar-refractivity contribution in [3.05, 3.63) is 96.1 Å². The Hall–Kier alpha value is -3.93. The lowest BCUT2D eigenvalue weighted by molar-refractivity contribution is 0.0890. The summed E-state index contributed by atoms with van der Waals surface area (Å²) >= 11 is 0. The molecule has 156 valence electrons. The summed E-state index contributed by atoms with van der Waals surface area (Å²) in [4.78, 5) is 17.6. The fourth-order valence-corrected chi connectivity index (χ4v) is 3.24. The van der Waals surface area contributed by atoms with Gasteiger partial charge in [0.1, 0.15) is 5.75 Å². The van der Waals surface area contributed by atoms with E-state index < -0.39 is 0 Å². The lowest BCUT2D eigenvalue weighted by Crippen LogP contribution is -2.17. The predicted molar refractivity (Wildman–Crippen MR) is 121 cm³/mol. The molecule has 1 N–H and O–H groups in total. The Morgan fingerprint density at radius 2 is 1.55 bits per heavy atom. The summed E-state index contributed by atoms with van der Waals surface area (Å²) in [5.74, 6) is 1.58. The molecule has 0 unspecified atom stereocenters. The molecule has 1 heterocycles. The highest BCUT2D eigenvalue weighted by Gasteiger charge is 2.17. The zero-order valence-corrected chi connectivity index (χ0v) is 17.4. The molecule has 0 atom stereocenters. The van der Waals surface area contributed by atoms with Crippen molar-refractivity contribution in [1.29, 1.82) is 0 Å². The van der Waals surface area contributed by atoms with Crippen LogP contribution < -0.4 is 10.1 Å². The van der Waals surface area contributed by atoms with Crippen LogP contribution in [0.3, 0.4) is 0 Å². The van der Waals surface area contributed by atoms with Crippen LogP contribution >= 0.6 is 0 Å². The summed E-state index contributed by atoms with van der Waals surface area (Å²) in [6.07, 6.45) is 0.991. The zero-order valence-electron chi connectivity index (χ0n) is 17.4. The van der Waals surface area contributed by atoms with E-state index in [2.05, 4.69) is 15.4 Å². The molecule has 1 aromatic heterocycles. The average Bonchev–Trinajstić information content (AvgIpc) is 3.27. The predicted octanol–water partition coefficient (Wildman–Crippen LogP) is 4.84. The number of hydrogen-bond donors (Lipinski definition) is 1. The van der Waals surface area contributed by atoms with Crippen molar-refractivity contribution in [2.75, 3.05) is 12.4 Å². The molecule has 6 nitrogen and oxygen atoms in total. The molecule has 0 saturated heterocycles. The number of aryl methyl sites for hydroxylation is 1. The first kappa shape index (κ1) is 20.3. The van der Waals surface area contributed by atoms with Gasteiger partial charge < -0.3 is 10.1 Å². The maximum atomic E-state index is 13.0. The van der Waals surface area contributed by atoms with Crippen molar-refractivity contribution >= 4 is 11.9 Å². The van der Waals surface area contributed by atoms with Gasteiger partial charge in [0.25, 0.3) is 0 Å². The van der Waals surface area contributed by atoms with Gasteiger partial charge in [-0.1, -0.05) is 60.7 Å². The number of nitrogens with zero attached hydrogens (tertiary/aromatic N) is 3. The van der Waals surface area contributed by atoms with Crippen molar-refractivity contribution in [2.24, 2.45) is 0 Å². The molecule has 0 fully saturated rings. The van der Waals surface area contributed by atoms with Gasteiger partial charge in [0.05, 0.1) is 7.11 Å². The first-order valence-electron chi connectivity index (χ1n) is 10.2. The number of nitrogens with one attached hydrogen (secondary N) is 1. The number of anilines is 1. The highest BCUT2D eigenvalue weighted by molar-refractivity contribution is 5.81. The van der Waals surface area contributed by atoms with Gasteiger partial charge in [0.15, 0.2) is 5.82 Å². The number of carbonyl (C=O) groups excluding carboxylic acids is 1. The van der Waals surface area contributed by atoms with Gasteiger partial charge in [-0.3, -0.25) is 4.79 Å². The van der Waals surface area contributed by atoms with Gasteiger partial charge >= 0.3 is 0 Å². The fourth-order valence-electron chi connectivity index (χ4n) is 3.24. The molecule has 4 rings (SSSR count). The molecule has 0 spiro atoms. The highest BCUT2D eigenvalue weighted by Crippen LogP contribution is 2.22. The Morgan fingerprint density at radius 1 is 0.903 bits per heavy atom. The van der Waals surface area contributed by atoms with Crippen LogP contribution in [0.25, 0.3) is 11.4 Å². The summed E-state index contributed by atoms with van der Waals surface area (Å²) in [6.45, 7) is 0.549. The van der Waals surface area contributed by atoms with Crippen molar-refractivity contribution in [3.63, 3.8) is 0 Å². The second kappa shape index (κ2) is 9.71. The minimum absolute atomic E-state index is 0.105. The van der Waals surface area contributed by atoms with Crippen LogP contribution in [0, 0.1) is 0 Å². The van der Waals surface area contributed by atoms with Crippen molar-refractivity contribution in [1.82, 2.24) is 14.8 Å². The molecule has 6 heteroatoms. The van der Waals surface area contributed by atoms with Crippen molar-refractivity contribution < 1.29 is 9.53 Å². The molecule has 0 aliphatic carbocycles. The van der Waals surface area contributed by atoms with E-state index in [1.54, 1.807) is 7.11 Å². The van der Waals surface area contributed by atoms with Crippen molar-refractivity contribution in [2.45, 2.75) is 19.4 Å². The zero-order chi connectivity index (χ0) is 21.5. The summed E-state index contributed by atoms with van der Waals surface area (Å²) < 4.78 is 6.60.